The van der Waals surface area contributed by atoms with E-state index in [-0.39, 0.29) is 17.5 Å². The van der Waals surface area contributed by atoms with E-state index in [0.717, 1.165) is 45.4 Å². The van der Waals surface area contributed by atoms with Gasteiger partial charge in [-0.15, -0.1) is 0 Å². The molecule has 1 aliphatic carbocycles. The largest absolute Gasteiger partial charge is 0.460 e. The van der Waals surface area contributed by atoms with Crippen LogP contribution < -0.4 is 5.32 Å². The SMILES string of the molecule is CC(C)(C)OC(=O)[C@@H]1CCCC[C@H]1N1CCNCC1. The third-order valence-electron chi connectivity index (χ3n) is 4.06. The van der Waals surface area contributed by atoms with Crippen LogP contribution in [0.15, 0.2) is 0 Å². The second-order valence-corrected chi connectivity index (χ2v) is 6.78. The first kappa shape index (κ1) is 14.8. The van der Waals surface area contributed by atoms with E-state index in [4.69, 9.17) is 4.74 Å². The Kier molecular flexibility index (Phi) is 4.85. The van der Waals surface area contributed by atoms with Gasteiger partial charge >= 0.3 is 5.97 Å². The van der Waals surface area contributed by atoms with Crippen molar-refractivity contribution in [1.29, 1.82) is 0 Å². The maximum atomic E-state index is 12.4. The minimum atomic E-state index is -0.372. The average molecular weight is 268 g/mol. The Bertz CT molecular complexity index is 306. The van der Waals surface area contributed by atoms with E-state index in [2.05, 4.69) is 10.2 Å². The summed E-state index contributed by atoms with van der Waals surface area (Å²) >= 11 is 0. The summed E-state index contributed by atoms with van der Waals surface area (Å²) in [6.07, 6.45) is 4.54. The van der Waals surface area contributed by atoms with Crippen molar-refractivity contribution in [3.05, 3.63) is 0 Å². The van der Waals surface area contributed by atoms with Crippen LogP contribution in [0.25, 0.3) is 0 Å². The lowest BCUT2D eigenvalue weighted by atomic mass is 9.83. The molecule has 0 bridgehead atoms. The fraction of sp³-hybridized carbons (Fsp3) is 0.933. The number of piperazine rings is 1. The van der Waals surface area contributed by atoms with E-state index in [1.54, 1.807) is 0 Å². The second-order valence-electron chi connectivity index (χ2n) is 6.78. The molecule has 1 saturated carbocycles. The topological polar surface area (TPSA) is 41.6 Å². The molecule has 0 aromatic rings. The van der Waals surface area contributed by atoms with Gasteiger partial charge in [0.25, 0.3) is 0 Å². The Balaban J connectivity index is 2.00. The summed E-state index contributed by atoms with van der Waals surface area (Å²) in [6, 6.07) is 0.394. The maximum Gasteiger partial charge on any atom is 0.311 e. The molecule has 2 rings (SSSR count). The molecule has 0 amide bonds. The van der Waals surface area contributed by atoms with Crippen molar-refractivity contribution in [2.45, 2.75) is 58.1 Å². The Morgan fingerprint density at radius 1 is 1.16 bits per heavy atom. The van der Waals surface area contributed by atoms with Crippen LogP contribution in [0.4, 0.5) is 0 Å². The number of carbonyl (C=O) groups is 1. The number of hydrogen-bond acceptors (Lipinski definition) is 4. The summed E-state index contributed by atoms with van der Waals surface area (Å²) in [4.78, 5) is 14.9. The molecule has 0 aromatic carbocycles. The molecule has 0 unspecified atom stereocenters. The van der Waals surface area contributed by atoms with Crippen molar-refractivity contribution < 1.29 is 9.53 Å². The summed E-state index contributed by atoms with van der Waals surface area (Å²) in [5, 5.41) is 3.38. The number of rotatable bonds is 2. The van der Waals surface area contributed by atoms with Crippen LogP contribution in [-0.2, 0) is 9.53 Å². The third-order valence-corrected chi connectivity index (χ3v) is 4.06. The first-order chi connectivity index (χ1) is 8.97. The van der Waals surface area contributed by atoms with Gasteiger partial charge in [-0.3, -0.25) is 9.69 Å². The number of hydrogen-bond donors (Lipinski definition) is 1. The zero-order valence-corrected chi connectivity index (χ0v) is 12.6. The quantitative estimate of drug-likeness (QED) is 0.775. The molecule has 0 radical (unpaired) electrons. The molecular formula is C15H28N2O2. The van der Waals surface area contributed by atoms with Crippen molar-refractivity contribution in [3.8, 4) is 0 Å². The molecule has 19 heavy (non-hydrogen) atoms. The van der Waals surface area contributed by atoms with Gasteiger partial charge < -0.3 is 10.1 Å². The lowest BCUT2D eigenvalue weighted by Gasteiger charge is -2.41. The number of nitrogens with one attached hydrogen (secondary N) is 1. The molecule has 1 saturated heterocycles. The minimum Gasteiger partial charge on any atom is -0.460 e. The predicted octanol–water partition coefficient (Wildman–Crippen LogP) is 1.79. The van der Waals surface area contributed by atoms with E-state index in [1.807, 2.05) is 20.8 Å². The van der Waals surface area contributed by atoms with Crippen molar-refractivity contribution in [2.24, 2.45) is 5.92 Å². The molecule has 4 heteroatoms. The molecule has 2 aliphatic rings. The molecule has 0 aromatic heterocycles. The summed E-state index contributed by atoms with van der Waals surface area (Å²) in [5.74, 6) is 0.0850. The highest BCUT2D eigenvalue weighted by Crippen LogP contribution is 2.30. The van der Waals surface area contributed by atoms with Crippen LogP contribution in [0.2, 0.25) is 0 Å². The van der Waals surface area contributed by atoms with E-state index >= 15 is 0 Å². The van der Waals surface area contributed by atoms with Crippen molar-refractivity contribution in [3.63, 3.8) is 0 Å². The predicted molar refractivity (Wildman–Crippen MR) is 76.0 cm³/mol. The highest BCUT2D eigenvalue weighted by molar-refractivity contribution is 5.73. The molecule has 110 valence electrons. The van der Waals surface area contributed by atoms with Gasteiger partial charge in [0.05, 0.1) is 5.92 Å². The lowest BCUT2D eigenvalue weighted by Crippen LogP contribution is -2.53. The normalized spacial score (nSPS) is 30.1. The smallest absolute Gasteiger partial charge is 0.311 e. The summed E-state index contributed by atoms with van der Waals surface area (Å²) in [6.45, 7) is 10.1. The van der Waals surface area contributed by atoms with Crippen LogP contribution in [0.1, 0.15) is 46.5 Å². The van der Waals surface area contributed by atoms with Gasteiger partial charge in [-0.2, -0.15) is 0 Å². The lowest BCUT2D eigenvalue weighted by molar-refractivity contribution is -0.164. The molecule has 0 spiro atoms. The fourth-order valence-corrected chi connectivity index (χ4v) is 3.21. The Hall–Kier alpha value is -0.610. The molecular weight excluding hydrogens is 240 g/mol. The number of nitrogens with zero attached hydrogens (tertiary/aromatic N) is 1. The average Bonchev–Trinajstić information content (AvgIpc) is 2.38. The van der Waals surface area contributed by atoms with Gasteiger partial charge in [-0.25, -0.2) is 0 Å². The second kappa shape index (κ2) is 6.23. The van der Waals surface area contributed by atoms with Crippen LogP contribution >= 0.6 is 0 Å². The molecule has 2 fully saturated rings. The fourth-order valence-electron chi connectivity index (χ4n) is 3.21. The number of esters is 1. The minimum absolute atomic E-state index is 0.00994. The van der Waals surface area contributed by atoms with Crippen LogP contribution in [0.5, 0.6) is 0 Å². The summed E-state index contributed by atoms with van der Waals surface area (Å²) in [5.41, 5.74) is -0.372. The van der Waals surface area contributed by atoms with Gasteiger partial charge in [-0.05, 0) is 33.6 Å². The van der Waals surface area contributed by atoms with Gasteiger partial charge in [0.2, 0.25) is 0 Å². The van der Waals surface area contributed by atoms with Crippen molar-refractivity contribution in [2.75, 3.05) is 26.2 Å². The maximum absolute atomic E-state index is 12.4. The highest BCUT2D eigenvalue weighted by atomic mass is 16.6. The first-order valence-corrected chi connectivity index (χ1v) is 7.65. The molecule has 2 atom stereocenters. The summed E-state index contributed by atoms with van der Waals surface area (Å²) in [7, 11) is 0. The van der Waals surface area contributed by atoms with Crippen LogP contribution in [0.3, 0.4) is 0 Å². The number of carbonyl (C=O) groups excluding carboxylic acids is 1. The van der Waals surface area contributed by atoms with E-state index in [9.17, 15) is 4.79 Å². The van der Waals surface area contributed by atoms with Crippen molar-refractivity contribution >= 4 is 5.97 Å². The van der Waals surface area contributed by atoms with Gasteiger partial charge in [-0.1, -0.05) is 12.8 Å². The van der Waals surface area contributed by atoms with Crippen LogP contribution in [-0.4, -0.2) is 48.7 Å². The zero-order valence-electron chi connectivity index (χ0n) is 12.6. The molecule has 4 nitrogen and oxygen atoms in total. The van der Waals surface area contributed by atoms with Crippen molar-refractivity contribution in [1.82, 2.24) is 10.2 Å². The van der Waals surface area contributed by atoms with Gasteiger partial charge in [0.1, 0.15) is 5.60 Å². The van der Waals surface area contributed by atoms with Crippen LogP contribution in [0, 0.1) is 5.92 Å². The van der Waals surface area contributed by atoms with E-state index in [1.165, 1.54) is 6.42 Å². The Morgan fingerprint density at radius 2 is 1.79 bits per heavy atom. The Labute approximate surface area is 116 Å². The molecule has 1 aliphatic heterocycles. The summed E-state index contributed by atoms with van der Waals surface area (Å²) < 4.78 is 5.62. The third kappa shape index (κ3) is 4.18. The zero-order chi connectivity index (χ0) is 13.9. The monoisotopic (exact) mass is 268 g/mol. The molecule has 1 N–H and O–H groups in total. The standard InChI is InChI=1S/C15H28N2O2/c1-15(2,3)19-14(18)12-6-4-5-7-13(12)17-10-8-16-9-11-17/h12-13,16H,4-11H2,1-3H3/t12-,13-/m1/s1. The van der Waals surface area contributed by atoms with E-state index < -0.39 is 0 Å². The Morgan fingerprint density at radius 3 is 2.42 bits per heavy atom. The van der Waals surface area contributed by atoms with Gasteiger partial charge in [0.15, 0.2) is 0 Å². The number of ether oxygens (including phenoxy) is 1. The van der Waals surface area contributed by atoms with Gasteiger partial charge in [0, 0.05) is 32.2 Å². The first-order valence-electron chi connectivity index (χ1n) is 7.65. The highest BCUT2D eigenvalue weighted by Gasteiger charge is 2.37. The van der Waals surface area contributed by atoms with E-state index in [0.29, 0.717) is 6.04 Å². The molecule has 1 heterocycles.